The summed E-state index contributed by atoms with van der Waals surface area (Å²) in [5, 5.41) is 14.0. The molecule has 0 radical (unpaired) electrons. The molecule has 0 aliphatic carbocycles. The topological polar surface area (TPSA) is 71.3 Å². The molecule has 0 saturated heterocycles. The number of pyridine rings is 1. The molecule has 0 spiro atoms. The molecule has 0 saturated carbocycles. The Morgan fingerprint density at radius 2 is 1.85 bits per heavy atom. The van der Waals surface area contributed by atoms with Crippen LogP contribution in [0.3, 0.4) is 0 Å². The van der Waals surface area contributed by atoms with E-state index in [4.69, 9.17) is 0 Å². The number of hydrogen-bond donors (Lipinski definition) is 2. The molecule has 2 atom stereocenters. The fraction of sp³-hybridized carbons (Fsp3) is 0.200. The van der Waals surface area contributed by atoms with Gasteiger partial charge in [0.15, 0.2) is 5.78 Å². The highest BCUT2D eigenvalue weighted by molar-refractivity contribution is 8.01. The van der Waals surface area contributed by atoms with Crippen LogP contribution >= 0.6 is 11.8 Å². The summed E-state index contributed by atoms with van der Waals surface area (Å²) in [6.45, 7) is 1.91. The Bertz CT molecular complexity index is 1090. The van der Waals surface area contributed by atoms with Crippen LogP contribution in [0.25, 0.3) is 10.9 Å². The van der Waals surface area contributed by atoms with E-state index in [0.29, 0.717) is 10.9 Å². The van der Waals surface area contributed by atoms with Crippen LogP contribution in [-0.2, 0) is 7.05 Å². The number of nitrogens with zero attached hydrogens (tertiary/aromatic N) is 1. The van der Waals surface area contributed by atoms with E-state index in [9.17, 15) is 14.7 Å². The van der Waals surface area contributed by atoms with Crippen LogP contribution in [0.1, 0.15) is 17.3 Å². The molecule has 1 aromatic heterocycles. The summed E-state index contributed by atoms with van der Waals surface area (Å²) in [7, 11) is 1.62. The zero-order chi connectivity index (χ0) is 18.4. The number of nitrogens with one attached hydrogen (secondary N) is 1. The van der Waals surface area contributed by atoms with Crippen molar-refractivity contribution in [3.05, 3.63) is 64.4 Å². The molecule has 5 nitrogen and oxygen atoms in total. The maximum absolute atomic E-state index is 13.2. The number of aromatic nitrogens is 1. The first-order valence-electron chi connectivity index (χ1n) is 8.36. The molecule has 1 aliphatic rings. The number of rotatable bonds is 2. The average molecular weight is 366 g/mol. The van der Waals surface area contributed by atoms with E-state index < -0.39 is 10.8 Å². The maximum atomic E-state index is 13.2. The van der Waals surface area contributed by atoms with Crippen LogP contribution in [-0.4, -0.2) is 26.7 Å². The summed E-state index contributed by atoms with van der Waals surface area (Å²) < 4.78 is 1.42. The third-order valence-electron chi connectivity index (χ3n) is 4.76. The molecule has 132 valence electrons. The van der Waals surface area contributed by atoms with E-state index in [2.05, 4.69) is 5.32 Å². The number of aromatic hydroxyl groups is 1. The number of hydrogen-bond acceptors (Lipinski definition) is 5. The number of carbonyl (C=O) groups excluding carboxylic acids is 1. The summed E-state index contributed by atoms with van der Waals surface area (Å²) in [5.41, 5.74) is 0.957. The monoisotopic (exact) mass is 366 g/mol. The SMILES string of the molecule is C[C@H]1Nc2ccccc2S[C@@H]1C(=O)c1c(O)c2ccccc2n(C)c1=O. The molecular weight excluding hydrogens is 348 g/mol. The molecule has 2 heterocycles. The van der Waals surface area contributed by atoms with Crippen LogP contribution in [0.4, 0.5) is 5.69 Å². The van der Waals surface area contributed by atoms with E-state index in [-0.39, 0.29) is 23.1 Å². The molecular formula is C20H18N2O3S. The van der Waals surface area contributed by atoms with Gasteiger partial charge in [-0.05, 0) is 31.2 Å². The fourth-order valence-corrected chi connectivity index (χ4v) is 4.55. The van der Waals surface area contributed by atoms with Crippen molar-refractivity contribution in [3.8, 4) is 5.75 Å². The summed E-state index contributed by atoms with van der Waals surface area (Å²) in [6, 6.07) is 14.6. The molecule has 1 aliphatic heterocycles. The molecule has 6 heteroatoms. The van der Waals surface area contributed by atoms with Gasteiger partial charge >= 0.3 is 0 Å². The van der Waals surface area contributed by atoms with Crippen LogP contribution in [0.5, 0.6) is 5.75 Å². The Morgan fingerprint density at radius 1 is 1.15 bits per heavy atom. The number of thioether (sulfide) groups is 1. The minimum atomic E-state index is -0.496. The number of aryl methyl sites for hydroxylation is 1. The summed E-state index contributed by atoms with van der Waals surface area (Å²) in [4.78, 5) is 27.0. The number of ketones is 1. The first-order chi connectivity index (χ1) is 12.5. The fourth-order valence-electron chi connectivity index (χ4n) is 3.37. The minimum absolute atomic E-state index is 0.142. The Morgan fingerprint density at radius 3 is 2.65 bits per heavy atom. The number of benzene rings is 2. The highest BCUT2D eigenvalue weighted by Crippen LogP contribution is 2.39. The zero-order valence-corrected chi connectivity index (χ0v) is 15.2. The van der Waals surface area contributed by atoms with E-state index in [0.717, 1.165) is 10.6 Å². The molecule has 0 fully saturated rings. The third kappa shape index (κ3) is 2.49. The van der Waals surface area contributed by atoms with Crippen molar-refractivity contribution in [2.75, 3.05) is 5.32 Å². The van der Waals surface area contributed by atoms with Crippen LogP contribution in [0.15, 0.2) is 58.2 Å². The second kappa shape index (κ2) is 6.21. The largest absolute Gasteiger partial charge is 0.506 e. The lowest BCUT2D eigenvalue weighted by Gasteiger charge is -2.31. The van der Waals surface area contributed by atoms with Gasteiger partial charge in [-0.3, -0.25) is 9.59 Å². The van der Waals surface area contributed by atoms with Gasteiger partial charge in [-0.1, -0.05) is 24.3 Å². The predicted molar refractivity (Wildman–Crippen MR) is 104 cm³/mol. The standard InChI is InChI=1S/C20H18N2O3S/c1-11-19(26-15-10-6-4-8-13(15)21-11)18(24)16-17(23)12-7-3-5-9-14(12)22(2)20(16)25/h3-11,19,21,23H,1-2H3/t11-,19+/m1/s1. The Balaban J connectivity index is 1.84. The van der Waals surface area contributed by atoms with Crippen molar-refractivity contribution in [1.82, 2.24) is 4.57 Å². The van der Waals surface area contributed by atoms with Gasteiger partial charge in [0.2, 0.25) is 0 Å². The normalized spacial score (nSPS) is 19.0. The quantitative estimate of drug-likeness (QED) is 0.680. The summed E-state index contributed by atoms with van der Waals surface area (Å²) in [5.74, 6) is -0.589. The number of Topliss-reactive ketones (excluding diaryl/α,β-unsaturated/α-hetero) is 1. The zero-order valence-electron chi connectivity index (χ0n) is 14.4. The first-order valence-corrected chi connectivity index (χ1v) is 9.24. The molecule has 0 amide bonds. The number of para-hydroxylation sites is 2. The second-order valence-corrected chi connectivity index (χ2v) is 7.62. The van der Waals surface area contributed by atoms with Gasteiger partial charge < -0.3 is 15.0 Å². The Hall–Kier alpha value is -2.73. The highest BCUT2D eigenvalue weighted by atomic mass is 32.2. The number of carbonyl (C=O) groups is 1. The van der Waals surface area contributed by atoms with Crippen LogP contribution < -0.4 is 10.9 Å². The average Bonchev–Trinajstić information content (AvgIpc) is 2.65. The van der Waals surface area contributed by atoms with Gasteiger partial charge in [0.1, 0.15) is 11.3 Å². The lowest BCUT2D eigenvalue weighted by molar-refractivity contribution is 0.0980. The third-order valence-corrected chi connectivity index (χ3v) is 6.25. The molecule has 0 bridgehead atoms. The second-order valence-electron chi connectivity index (χ2n) is 6.44. The molecule has 2 aromatic carbocycles. The van der Waals surface area contributed by atoms with Gasteiger partial charge in [-0.15, -0.1) is 11.8 Å². The van der Waals surface area contributed by atoms with E-state index in [1.54, 1.807) is 31.3 Å². The van der Waals surface area contributed by atoms with Gasteiger partial charge in [0, 0.05) is 29.1 Å². The predicted octanol–water partition coefficient (Wildman–Crippen LogP) is 3.40. The molecule has 4 rings (SSSR count). The Kier molecular flexibility index (Phi) is 4.00. The smallest absolute Gasteiger partial charge is 0.265 e. The van der Waals surface area contributed by atoms with Crippen molar-refractivity contribution in [2.24, 2.45) is 7.05 Å². The highest BCUT2D eigenvalue weighted by Gasteiger charge is 2.35. The van der Waals surface area contributed by atoms with Crippen LogP contribution in [0.2, 0.25) is 0 Å². The molecule has 26 heavy (non-hydrogen) atoms. The molecule has 3 aromatic rings. The number of fused-ring (bicyclic) bond motifs is 2. The van der Waals surface area contributed by atoms with Crippen molar-refractivity contribution in [3.63, 3.8) is 0 Å². The minimum Gasteiger partial charge on any atom is -0.506 e. The van der Waals surface area contributed by atoms with Crippen LogP contribution in [0, 0.1) is 0 Å². The van der Waals surface area contributed by atoms with Crippen molar-refractivity contribution >= 4 is 34.1 Å². The van der Waals surface area contributed by atoms with Gasteiger partial charge in [-0.2, -0.15) is 0 Å². The van der Waals surface area contributed by atoms with E-state index in [1.165, 1.54) is 16.3 Å². The number of anilines is 1. The maximum Gasteiger partial charge on any atom is 0.265 e. The summed E-state index contributed by atoms with van der Waals surface area (Å²) >= 11 is 1.43. The van der Waals surface area contributed by atoms with Gasteiger partial charge in [0.25, 0.3) is 5.56 Å². The lowest BCUT2D eigenvalue weighted by atomic mass is 10.0. The summed E-state index contributed by atoms with van der Waals surface area (Å²) in [6.07, 6.45) is 0. The molecule has 0 unspecified atom stereocenters. The molecule has 2 N–H and O–H groups in total. The van der Waals surface area contributed by atoms with E-state index in [1.807, 2.05) is 31.2 Å². The van der Waals surface area contributed by atoms with Gasteiger partial charge in [0.05, 0.1) is 10.8 Å². The van der Waals surface area contributed by atoms with Crippen molar-refractivity contribution < 1.29 is 9.90 Å². The first kappa shape index (κ1) is 16.7. The van der Waals surface area contributed by atoms with Crippen molar-refractivity contribution in [1.29, 1.82) is 0 Å². The van der Waals surface area contributed by atoms with Crippen molar-refractivity contribution in [2.45, 2.75) is 23.1 Å². The van der Waals surface area contributed by atoms with E-state index >= 15 is 0 Å². The Labute approximate surface area is 154 Å². The lowest BCUT2D eigenvalue weighted by Crippen LogP contribution is -2.40. The van der Waals surface area contributed by atoms with Gasteiger partial charge in [-0.25, -0.2) is 0 Å².